The zero-order chi connectivity index (χ0) is 13.4. The number of hydrogen-bond donors (Lipinski definition) is 2. The summed E-state index contributed by atoms with van der Waals surface area (Å²) in [5, 5.41) is 0. The van der Waals surface area contributed by atoms with Crippen LogP contribution in [-0.4, -0.2) is 37.6 Å². The minimum Gasteiger partial charge on any atom is -0.330 e. The van der Waals surface area contributed by atoms with Gasteiger partial charge in [-0.2, -0.15) is 0 Å². The Hall–Kier alpha value is -0.120. The maximum Gasteiger partial charge on any atom is 0.0105 e. The zero-order valence-corrected chi connectivity index (χ0v) is 12.4. The van der Waals surface area contributed by atoms with Gasteiger partial charge in [-0.1, -0.05) is 40.0 Å². The van der Waals surface area contributed by atoms with Crippen LogP contribution in [0.2, 0.25) is 0 Å². The highest BCUT2D eigenvalue weighted by Crippen LogP contribution is 2.01. The molecule has 106 valence electrons. The third kappa shape index (κ3) is 18.4. The summed E-state index contributed by atoms with van der Waals surface area (Å²) in [7, 11) is 0. The van der Waals surface area contributed by atoms with E-state index in [-0.39, 0.29) is 0 Å². The van der Waals surface area contributed by atoms with Crippen LogP contribution in [0.25, 0.3) is 0 Å². The number of nitrogens with two attached hydrogens (primary N) is 2. The molecule has 0 aliphatic rings. The van der Waals surface area contributed by atoms with E-state index in [0.29, 0.717) is 0 Å². The molecule has 0 atom stereocenters. The summed E-state index contributed by atoms with van der Waals surface area (Å²) in [6, 6.07) is 0. The van der Waals surface area contributed by atoms with Gasteiger partial charge in [0.05, 0.1) is 0 Å². The molecular formula is C14H35N3. The van der Waals surface area contributed by atoms with Crippen LogP contribution in [0.4, 0.5) is 0 Å². The average Bonchev–Trinajstić information content (AvgIpc) is 2.35. The van der Waals surface area contributed by atoms with Crippen molar-refractivity contribution >= 4 is 0 Å². The zero-order valence-electron chi connectivity index (χ0n) is 12.4. The molecule has 4 N–H and O–H groups in total. The first-order valence-corrected chi connectivity index (χ1v) is 7.39. The maximum atomic E-state index is 5.55. The summed E-state index contributed by atoms with van der Waals surface area (Å²) in [6.07, 6.45) is 7.76. The summed E-state index contributed by atoms with van der Waals surface area (Å²) >= 11 is 0. The maximum absolute atomic E-state index is 5.55. The topological polar surface area (TPSA) is 55.3 Å². The fourth-order valence-corrected chi connectivity index (χ4v) is 1.60. The SMILES string of the molecule is CCCCCCN(CCC)CCN.CCCN. The molecule has 3 heteroatoms. The van der Waals surface area contributed by atoms with Crippen LogP contribution in [-0.2, 0) is 0 Å². The summed E-state index contributed by atoms with van der Waals surface area (Å²) in [4.78, 5) is 2.48. The normalized spacial score (nSPS) is 10.2. The van der Waals surface area contributed by atoms with Crippen molar-refractivity contribution in [3.05, 3.63) is 0 Å². The van der Waals surface area contributed by atoms with E-state index in [4.69, 9.17) is 11.5 Å². The van der Waals surface area contributed by atoms with E-state index in [9.17, 15) is 0 Å². The molecule has 0 unspecified atom stereocenters. The van der Waals surface area contributed by atoms with E-state index in [0.717, 1.165) is 26.1 Å². The van der Waals surface area contributed by atoms with Gasteiger partial charge >= 0.3 is 0 Å². The van der Waals surface area contributed by atoms with Gasteiger partial charge in [0, 0.05) is 13.1 Å². The monoisotopic (exact) mass is 245 g/mol. The van der Waals surface area contributed by atoms with Crippen molar-refractivity contribution < 1.29 is 0 Å². The van der Waals surface area contributed by atoms with Gasteiger partial charge in [-0.15, -0.1) is 0 Å². The van der Waals surface area contributed by atoms with Crippen LogP contribution in [0.1, 0.15) is 59.3 Å². The van der Waals surface area contributed by atoms with Crippen molar-refractivity contribution in [2.75, 3.05) is 32.7 Å². The van der Waals surface area contributed by atoms with Crippen LogP contribution in [0.15, 0.2) is 0 Å². The second-order valence-corrected chi connectivity index (χ2v) is 4.48. The van der Waals surface area contributed by atoms with E-state index in [1.807, 2.05) is 0 Å². The lowest BCUT2D eigenvalue weighted by Crippen LogP contribution is -2.31. The summed E-state index contributed by atoms with van der Waals surface area (Å²) in [5.74, 6) is 0. The summed E-state index contributed by atoms with van der Waals surface area (Å²) in [6.45, 7) is 11.7. The van der Waals surface area contributed by atoms with Crippen molar-refractivity contribution in [2.45, 2.75) is 59.3 Å². The van der Waals surface area contributed by atoms with Gasteiger partial charge in [-0.05, 0) is 38.9 Å². The molecule has 0 fully saturated rings. The first-order chi connectivity index (χ1) is 8.26. The summed E-state index contributed by atoms with van der Waals surface area (Å²) < 4.78 is 0. The second kappa shape index (κ2) is 18.3. The number of unbranched alkanes of at least 4 members (excludes halogenated alkanes) is 3. The average molecular weight is 245 g/mol. The van der Waals surface area contributed by atoms with E-state index < -0.39 is 0 Å². The van der Waals surface area contributed by atoms with Gasteiger partial charge in [-0.25, -0.2) is 0 Å². The van der Waals surface area contributed by atoms with Crippen molar-refractivity contribution in [2.24, 2.45) is 11.5 Å². The predicted octanol–water partition coefficient (Wildman–Crippen LogP) is 2.59. The Balaban J connectivity index is 0. The molecule has 0 bridgehead atoms. The number of rotatable bonds is 10. The second-order valence-electron chi connectivity index (χ2n) is 4.48. The lowest BCUT2D eigenvalue weighted by atomic mass is 10.2. The van der Waals surface area contributed by atoms with Crippen LogP contribution in [0.3, 0.4) is 0 Å². The van der Waals surface area contributed by atoms with E-state index in [2.05, 4.69) is 25.7 Å². The van der Waals surface area contributed by atoms with Crippen molar-refractivity contribution in [1.82, 2.24) is 4.90 Å². The number of nitrogens with zero attached hydrogens (tertiary/aromatic N) is 1. The molecule has 17 heavy (non-hydrogen) atoms. The molecule has 0 saturated carbocycles. The third-order valence-electron chi connectivity index (χ3n) is 2.60. The quantitative estimate of drug-likeness (QED) is 0.582. The standard InChI is InChI=1S/C11H26N2.C3H9N/c1-3-5-6-7-10-13(9-4-2)11-8-12;1-2-3-4/h3-12H2,1-2H3;2-4H2,1H3. The summed E-state index contributed by atoms with van der Waals surface area (Å²) in [5.41, 5.74) is 10.6. The van der Waals surface area contributed by atoms with Crippen LogP contribution >= 0.6 is 0 Å². The molecule has 0 aliphatic carbocycles. The molecule has 0 aromatic heterocycles. The minimum absolute atomic E-state index is 0.799. The fraction of sp³-hybridized carbons (Fsp3) is 1.00. The largest absolute Gasteiger partial charge is 0.330 e. The Kier molecular flexibility index (Phi) is 20.6. The Labute approximate surface area is 109 Å². The van der Waals surface area contributed by atoms with Gasteiger partial charge in [0.15, 0.2) is 0 Å². The molecule has 0 saturated heterocycles. The van der Waals surface area contributed by atoms with Crippen molar-refractivity contribution in [3.63, 3.8) is 0 Å². The highest BCUT2D eigenvalue weighted by molar-refractivity contribution is 4.57. The highest BCUT2D eigenvalue weighted by Gasteiger charge is 2.00. The molecule has 0 amide bonds. The Morgan fingerprint density at radius 3 is 1.71 bits per heavy atom. The van der Waals surface area contributed by atoms with Gasteiger partial charge in [0.2, 0.25) is 0 Å². The Morgan fingerprint density at radius 1 is 0.647 bits per heavy atom. The lowest BCUT2D eigenvalue weighted by Gasteiger charge is -2.20. The first kappa shape index (κ1) is 19.2. The molecule has 0 aliphatic heterocycles. The van der Waals surface area contributed by atoms with Gasteiger partial charge in [0.1, 0.15) is 0 Å². The van der Waals surface area contributed by atoms with E-state index in [1.54, 1.807) is 0 Å². The van der Waals surface area contributed by atoms with Crippen molar-refractivity contribution in [3.8, 4) is 0 Å². The highest BCUT2D eigenvalue weighted by atomic mass is 15.1. The van der Waals surface area contributed by atoms with Crippen LogP contribution in [0.5, 0.6) is 0 Å². The van der Waals surface area contributed by atoms with E-state index >= 15 is 0 Å². The molecule has 3 nitrogen and oxygen atoms in total. The predicted molar refractivity (Wildman–Crippen MR) is 79.3 cm³/mol. The smallest absolute Gasteiger partial charge is 0.0105 e. The molecule has 0 aromatic carbocycles. The van der Waals surface area contributed by atoms with Crippen molar-refractivity contribution in [1.29, 1.82) is 0 Å². The molecule has 0 heterocycles. The molecule has 0 aromatic rings. The van der Waals surface area contributed by atoms with Gasteiger partial charge in [-0.3, -0.25) is 0 Å². The molecule has 0 rings (SSSR count). The molecule has 0 radical (unpaired) electrons. The van der Waals surface area contributed by atoms with Gasteiger partial charge in [0.25, 0.3) is 0 Å². The lowest BCUT2D eigenvalue weighted by molar-refractivity contribution is 0.275. The third-order valence-corrected chi connectivity index (χ3v) is 2.60. The van der Waals surface area contributed by atoms with Crippen LogP contribution in [0, 0.1) is 0 Å². The van der Waals surface area contributed by atoms with Gasteiger partial charge < -0.3 is 16.4 Å². The molecule has 0 spiro atoms. The first-order valence-electron chi connectivity index (χ1n) is 7.39. The Bertz CT molecular complexity index is 110. The van der Waals surface area contributed by atoms with E-state index in [1.165, 1.54) is 45.2 Å². The molecular weight excluding hydrogens is 210 g/mol. The number of hydrogen-bond acceptors (Lipinski definition) is 3. The fourth-order valence-electron chi connectivity index (χ4n) is 1.60. The Morgan fingerprint density at radius 2 is 1.29 bits per heavy atom. The van der Waals surface area contributed by atoms with Crippen LogP contribution < -0.4 is 11.5 Å². The minimum atomic E-state index is 0.799.